The maximum atomic E-state index is 12.5. The van der Waals surface area contributed by atoms with Crippen molar-refractivity contribution >= 4 is 23.3 Å². The lowest BCUT2D eigenvalue weighted by molar-refractivity contribution is -0.119. The molecule has 1 aliphatic rings. The van der Waals surface area contributed by atoms with E-state index in [1.165, 1.54) is 12.4 Å². The number of hydrogen-bond acceptors (Lipinski definition) is 5. The van der Waals surface area contributed by atoms with E-state index in [9.17, 15) is 13.6 Å². The molecular formula is C13H12ClF2N5O. The fourth-order valence-electron chi connectivity index (χ4n) is 1.47. The second-order valence-corrected chi connectivity index (χ2v) is 4.97. The van der Waals surface area contributed by atoms with Crippen LogP contribution in [0, 0.1) is 12.8 Å². The second-order valence-electron chi connectivity index (χ2n) is 4.58. The predicted octanol–water partition coefficient (Wildman–Crippen LogP) is 2.51. The van der Waals surface area contributed by atoms with Gasteiger partial charge in [-0.2, -0.15) is 0 Å². The van der Waals surface area contributed by atoms with Crippen molar-refractivity contribution < 1.29 is 13.6 Å². The second kappa shape index (κ2) is 6.69. The van der Waals surface area contributed by atoms with Crippen LogP contribution in [0.5, 0.6) is 0 Å². The quantitative estimate of drug-likeness (QED) is 0.857. The molecule has 1 amide bonds. The topological polar surface area (TPSA) is 80.7 Å². The van der Waals surface area contributed by atoms with Crippen molar-refractivity contribution in [1.29, 1.82) is 0 Å². The molecule has 1 N–H and O–H groups in total. The van der Waals surface area contributed by atoms with Gasteiger partial charge in [0.25, 0.3) is 5.92 Å². The maximum absolute atomic E-state index is 12.5. The number of aromatic nitrogens is 4. The Bertz CT molecular complexity index is 656. The Balaban J connectivity index is 0.000000211. The summed E-state index contributed by atoms with van der Waals surface area (Å²) in [6.45, 7) is 1.93. The Hall–Kier alpha value is -2.22. The number of nitrogens with zero attached hydrogens (tertiary/aromatic N) is 4. The van der Waals surface area contributed by atoms with Crippen LogP contribution in [0.1, 0.15) is 12.1 Å². The summed E-state index contributed by atoms with van der Waals surface area (Å²) >= 11 is 5.53. The van der Waals surface area contributed by atoms with Crippen molar-refractivity contribution in [1.82, 2.24) is 19.9 Å². The molecule has 3 rings (SSSR count). The Morgan fingerprint density at radius 1 is 1.36 bits per heavy atom. The van der Waals surface area contributed by atoms with E-state index in [4.69, 9.17) is 11.6 Å². The molecule has 1 aliphatic carbocycles. The normalized spacial score (nSPS) is 17.9. The molecule has 1 saturated carbocycles. The zero-order valence-corrected chi connectivity index (χ0v) is 12.3. The highest BCUT2D eigenvalue weighted by molar-refractivity contribution is 6.29. The van der Waals surface area contributed by atoms with Crippen LogP contribution in [0.15, 0.2) is 31.0 Å². The monoisotopic (exact) mass is 327 g/mol. The molecule has 0 bridgehead atoms. The number of anilines is 1. The minimum atomic E-state index is -2.87. The molecular weight excluding hydrogens is 316 g/mol. The average Bonchev–Trinajstić information content (AvgIpc) is 3.10. The lowest BCUT2D eigenvalue weighted by atomic mass is 10.4. The molecule has 2 aromatic heterocycles. The molecule has 0 radical (unpaired) electrons. The van der Waals surface area contributed by atoms with Crippen LogP contribution in [0.2, 0.25) is 5.15 Å². The number of hydrogen-bond donors (Lipinski definition) is 1. The predicted molar refractivity (Wildman–Crippen MR) is 75.5 cm³/mol. The SMILES string of the molecule is Cc1ccncn1.O=C(Nc1cc(Cl)ncn1)C1CC1(F)F. The van der Waals surface area contributed by atoms with Crippen molar-refractivity contribution in [3.05, 3.63) is 41.8 Å². The number of rotatable bonds is 2. The van der Waals surface area contributed by atoms with E-state index >= 15 is 0 Å². The third-order valence-electron chi connectivity index (χ3n) is 2.76. The summed E-state index contributed by atoms with van der Waals surface area (Å²) in [5.41, 5.74) is 1.01. The van der Waals surface area contributed by atoms with Crippen molar-refractivity contribution in [2.75, 3.05) is 5.32 Å². The van der Waals surface area contributed by atoms with Crippen molar-refractivity contribution in [2.45, 2.75) is 19.3 Å². The lowest BCUT2D eigenvalue weighted by Crippen LogP contribution is -2.18. The highest BCUT2D eigenvalue weighted by atomic mass is 35.5. The zero-order chi connectivity index (χ0) is 16.2. The Morgan fingerprint density at radius 3 is 2.55 bits per heavy atom. The van der Waals surface area contributed by atoms with Gasteiger partial charge in [0.2, 0.25) is 5.91 Å². The first-order valence-electron chi connectivity index (χ1n) is 6.27. The highest BCUT2D eigenvalue weighted by Crippen LogP contribution is 2.48. The number of amides is 1. The molecule has 6 nitrogen and oxygen atoms in total. The van der Waals surface area contributed by atoms with Crippen LogP contribution in [0.25, 0.3) is 0 Å². The van der Waals surface area contributed by atoms with E-state index in [0.717, 1.165) is 12.0 Å². The molecule has 22 heavy (non-hydrogen) atoms. The largest absolute Gasteiger partial charge is 0.310 e. The van der Waals surface area contributed by atoms with E-state index < -0.39 is 24.2 Å². The molecule has 9 heteroatoms. The number of halogens is 3. The molecule has 0 aromatic carbocycles. The summed E-state index contributed by atoms with van der Waals surface area (Å²) in [4.78, 5) is 26.1. The third kappa shape index (κ3) is 4.66. The zero-order valence-electron chi connectivity index (χ0n) is 11.5. The van der Waals surface area contributed by atoms with Gasteiger partial charge >= 0.3 is 0 Å². The summed E-state index contributed by atoms with van der Waals surface area (Å²) in [5.74, 6) is -4.73. The molecule has 0 aliphatic heterocycles. The smallest absolute Gasteiger partial charge is 0.260 e. The summed E-state index contributed by atoms with van der Waals surface area (Å²) in [6.07, 6.45) is 4.00. The number of aryl methyl sites for hydroxylation is 1. The fraction of sp³-hybridized carbons (Fsp3) is 0.308. The minimum absolute atomic E-state index is 0.127. The lowest BCUT2D eigenvalue weighted by Gasteiger charge is -2.02. The van der Waals surface area contributed by atoms with E-state index in [1.807, 2.05) is 13.0 Å². The van der Waals surface area contributed by atoms with Gasteiger partial charge < -0.3 is 5.32 Å². The fourth-order valence-corrected chi connectivity index (χ4v) is 1.62. The number of alkyl halides is 2. The van der Waals surface area contributed by atoms with Gasteiger partial charge in [-0.3, -0.25) is 4.79 Å². The van der Waals surface area contributed by atoms with Crippen LogP contribution in [-0.4, -0.2) is 31.8 Å². The van der Waals surface area contributed by atoms with Crippen LogP contribution in [-0.2, 0) is 4.79 Å². The van der Waals surface area contributed by atoms with Gasteiger partial charge in [0.1, 0.15) is 29.5 Å². The first-order chi connectivity index (χ1) is 10.4. The summed E-state index contributed by atoms with van der Waals surface area (Å²) in [7, 11) is 0. The summed E-state index contributed by atoms with van der Waals surface area (Å²) in [5, 5.41) is 2.39. The molecule has 1 atom stereocenters. The van der Waals surface area contributed by atoms with Crippen molar-refractivity contribution in [2.24, 2.45) is 5.92 Å². The molecule has 0 saturated heterocycles. The number of carbonyl (C=O) groups excluding carboxylic acids is 1. The molecule has 2 heterocycles. The van der Waals surface area contributed by atoms with Gasteiger partial charge in [0.05, 0.1) is 0 Å². The Morgan fingerprint density at radius 2 is 2.09 bits per heavy atom. The Kier molecular flexibility index (Phi) is 4.92. The summed E-state index contributed by atoms with van der Waals surface area (Å²) < 4.78 is 25.0. The third-order valence-corrected chi connectivity index (χ3v) is 2.96. The first kappa shape index (κ1) is 16.2. The van der Waals surface area contributed by atoms with Crippen LogP contribution in [0.3, 0.4) is 0 Å². The van der Waals surface area contributed by atoms with E-state index in [-0.39, 0.29) is 11.0 Å². The molecule has 0 spiro atoms. The summed E-state index contributed by atoms with van der Waals surface area (Å²) in [6, 6.07) is 3.15. The van der Waals surface area contributed by atoms with E-state index in [1.54, 1.807) is 6.20 Å². The van der Waals surface area contributed by atoms with Crippen molar-refractivity contribution in [3.63, 3.8) is 0 Å². The van der Waals surface area contributed by atoms with E-state index in [2.05, 4.69) is 25.3 Å². The molecule has 2 aromatic rings. The van der Waals surface area contributed by atoms with Gasteiger partial charge in [-0.15, -0.1) is 0 Å². The minimum Gasteiger partial charge on any atom is -0.310 e. The number of carbonyl (C=O) groups is 1. The Labute approximate surface area is 130 Å². The van der Waals surface area contributed by atoms with Gasteiger partial charge in [-0.25, -0.2) is 28.7 Å². The van der Waals surface area contributed by atoms with Gasteiger partial charge in [-0.05, 0) is 13.0 Å². The molecule has 116 valence electrons. The van der Waals surface area contributed by atoms with Crippen LogP contribution >= 0.6 is 11.6 Å². The first-order valence-corrected chi connectivity index (χ1v) is 6.65. The van der Waals surface area contributed by atoms with Gasteiger partial charge in [-0.1, -0.05) is 11.6 Å². The van der Waals surface area contributed by atoms with Gasteiger partial charge in [0, 0.05) is 24.4 Å². The van der Waals surface area contributed by atoms with Crippen LogP contribution in [0.4, 0.5) is 14.6 Å². The van der Waals surface area contributed by atoms with Gasteiger partial charge in [0.15, 0.2) is 0 Å². The standard InChI is InChI=1S/C8H6ClF2N3O.C5H6N2/c9-5-1-6(13-3-12-5)14-7(15)4-2-8(4,10)11;1-5-2-3-6-4-7-5/h1,3-4H,2H2,(H,12,13,14,15);2-4H,1H3. The molecule has 1 unspecified atom stereocenters. The number of nitrogens with one attached hydrogen (secondary N) is 1. The van der Waals surface area contributed by atoms with E-state index in [0.29, 0.717) is 0 Å². The van der Waals surface area contributed by atoms with Crippen LogP contribution < -0.4 is 5.32 Å². The highest BCUT2D eigenvalue weighted by Gasteiger charge is 2.61. The average molecular weight is 328 g/mol. The molecule has 1 fully saturated rings. The van der Waals surface area contributed by atoms with Crippen molar-refractivity contribution in [3.8, 4) is 0 Å². The maximum Gasteiger partial charge on any atom is 0.260 e.